The number of para-hydroxylation sites is 1. The highest BCUT2D eigenvalue weighted by Crippen LogP contribution is 2.33. The molecule has 2 heterocycles. The molecule has 0 bridgehead atoms. The number of hydrogen-bond acceptors (Lipinski definition) is 4. The largest absolute Gasteiger partial charge is 0.490 e. The summed E-state index contributed by atoms with van der Waals surface area (Å²) in [6.07, 6.45) is 4.72. The van der Waals surface area contributed by atoms with Crippen LogP contribution in [-0.2, 0) is 19.6 Å². The Hall–Kier alpha value is -2.79. The maximum absolute atomic E-state index is 5.90. The molecule has 5 heteroatoms. The summed E-state index contributed by atoms with van der Waals surface area (Å²) in [4.78, 5) is 0. The van der Waals surface area contributed by atoms with E-state index in [9.17, 15) is 0 Å². The van der Waals surface area contributed by atoms with Gasteiger partial charge in [-0.2, -0.15) is 5.10 Å². The van der Waals surface area contributed by atoms with E-state index in [1.807, 2.05) is 35.3 Å². The average molecular weight is 349 g/mol. The van der Waals surface area contributed by atoms with Gasteiger partial charge in [0.25, 0.3) is 0 Å². The summed E-state index contributed by atoms with van der Waals surface area (Å²) in [6, 6.07) is 16.5. The minimum Gasteiger partial charge on any atom is -0.490 e. The number of ether oxygens (including phenoxy) is 2. The van der Waals surface area contributed by atoms with Crippen LogP contribution in [0.4, 0.5) is 0 Å². The Morgan fingerprint density at radius 1 is 0.885 bits per heavy atom. The maximum Gasteiger partial charge on any atom is 0.165 e. The molecule has 1 aliphatic heterocycles. The van der Waals surface area contributed by atoms with E-state index < -0.39 is 0 Å². The van der Waals surface area contributed by atoms with Crippen LogP contribution in [0, 0.1) is 0 Å². The highest BCUT2D eigenvalue weighted by atomic mass is 16.5. The molecule has 0 saturated carbocycles. The van der Waals surface area contributed by atoms with E-state index in [-0.39, 0.29) is 0 Å². The molecule has 5 nitrogen and oxygen atoms in total. The van der Waals surface area contributed by atoms with Crippen molar-refractivity contribution in [2.45, 2.75) is 26.1 Å². The van der Waals surface area contributed by atoms with E-state index in [2.05, 4.69) is 40.7 Å². The van der Waals surface area contributed by atoms with Gasteiger partial charge in [0.15, 0.2) is 11.5 Å². The normalized spacial score (nSPS) is 13.4. The van der Waals surface area contributed by atoms with Crippen LogP contribution in [-0.4, -0.2) is 23.0 Å². The van der Waals surface area contributed by atoms with Gasteiger partial charge in [0, 0.05) is 37.5 Å². The van der Waals surface area contributed by atoms with Gasteiger partial charge in [-0.1, -0.05) is 36.4 Å². The Labute approximate surface area is 153 Å². The first-order valence-corrected chi connectivity index (χ1v) is 9.02. The van der Waals surface area contributed by atoms with Crippen molar-refractivity contribution in [2.24, 2.45) is 0 Å². The summed E-state index contributed by atoms with van der Waals surface area (Å²) in [5.41, 5.74) is 3.69. The smallest absolute Gasteiger partial charge is 0.165 e. The van der Waals surface area contributed by atoms with Crippen LogP contribution in [0.5, 0.6) is 11.5 Å². The number of nitrogens with one attached hydrogen (secondary N) is 1. The third-order valence-electron chi connectivity index (χ3n) is 4.49. The molecule has 0 radical (unpaired) electrons. The predicted molar refractivity (Wildman–Crippen MR) is 100 cm³/mol. The Morgan fingerprint density at radius 2 is 1.69 bits per heavy atom. The maximum atomic E-state index is 5.90. The number of benzene rings is 2. The van der Waals surface area contributed by atoms with Gasteiger partial charge in [-0.05, 0) is 23.3 Å². The van der Waals surface area contributed by atoms with Crippen LogP contribution in [0.2, 0.25) is 0 Å². The predicted octanol–water partition coefficient (Wildman–Crippen LogP) is 3.38. The lowest BCUT2D eigenvalue weighted by atomic mass is 10.1. The fourth-order valence-corrected chi connectivity index (χ4v) is 3.18. The van der Waals surface area contributed by atoms with Gasteiger partial charge in [-0.15, -0.1) is 0 Å². The van der Waals surface area contributed by atoms with Crippen LogP contribution >= 0.6 is 0 Å². The van der Waals surface area contributed by atoms with Crippen molar-refractivity contribution >= 4 is 0 Å². The van der Waals surface area contributed by atoms with Crippen LogP contribution in [0.25, 0.3) is 0 Å². The number of aromatic nitrogens is 2. The Bertz CT molecular complexity index is 846. The van der Waals surface area contributed by atoms with Gasteiger partial charge in [0.05, 0.1) is 19.8 Å². The average Bonchev–Trinajstić information content (AvgIpc) is 3.05. The van der Waals surface area contributed by atoms with E-state index in [0.717, 1.165) is 43.1 Å². The lowest BCUT2D eigenvalue weighted by Crippen LogP contribution is -2.15. The third kappa shape index (κ3) is 3.89. The zero-order chi connectivity index (χ0) is 17.6. The Balaban J connectivity index is 1.43. The number of fused-ring (bicyclic) bond motifs is 1. The molecule has 0 atom stereocenters. The summed E-state index contributed by atoms with van der Waals surface area (Å²) < 4.78 is 13.6. The third-order valence-corrected chi connectivity index (χ3v) is 4.49. The molecule has 1 N–H and O–H groups in total. The van der Waals surface area contributed by atoms with E-state index >= 15 is 0 Å². The quantitative estimate of drug-likeness (QED) is 0.741. The van der Waals surface area contributed by atoms with Crippen LogP contribution in [0.1, 0.15) is 23.1 Å². The van der Waals surface area contributed by atoms with Crippen molar-refractivity contribution in [3.05, 3.63) is 77.6 Å². The first-order chi connectivity index (χ1) is 12.9. The lowest BCUT2D eigenvalue weighted by molar-refractivity contribution is 0.296. The SMILES string of the molecule is c1ccc(Cn2cccn2)c(CNCc2cccc3c2OCCCO3)c1. The minimum atomic E-state index is 0.705. The Morgan fingerprint density at radius 3 is 2.58 bits per heavy atom. The van der Waals surface area contributed by atoms with Gasteiger partial charge in [-0.25, -0.2) is 0 Å². The lowest BCUT2D eigenvalue weighted by Gasteiger charge is -2.14. The fourth-order valence-electron chi connectivity index (χ4n) is 3.18. The molecule has 3 aromatic rings. The van der Waals surface area contributed by atoms with Gasteiger partial charge in [0.1, 0.15) is 0 Å². The fraction of sp³-hybridized carbons (Fsp3) is 0.286. The molecule has 0 fully saturated rings. The summed E-state index contributed by atoms with van der Waals surface area (Å²) in [5.74, 6) is 1.73. The zero-order valence-corrected chi connectivity index (χ0v) is 14.7. The summed E-state index contributed by atoms with van der Waals surface area (Å²) in [6.45, 7) is 3.73. The van der Waals surface area contributed by atoms with E-state index in [4.69, 9.17) is 9.47 Å². The number of nitrogens with zero attached hydrogens (tertiary/aromatic N) is 2. The van der Waals surface area contributed by atoms with Gasteiger partial charge in [-0.3, -0.25) is 4.68 Å². The number of rotatable bonds is 6. The molecule has 1 aliphatic rings. The molecule has 1 aromatic heterocycles. The first kappa shape index (κ1) is 16.7. The molecule has 0 saturated heterocycles. The zero-order valence-electron chi connectivity index (χ0n) is 14.7. The molecule has 2 aromatic carbocycles. The standard InChI is InChI=1S/C21H23N3O2/c1-2-7-19(16-24-11-4-10-23-24)17(6-1)14-22-15-18-8-3-9-20-21(18)26-13-5-12-25-20/h1-4,6-11,22H,5,12-16H2. The first-order valence-electron chi connectivity index (χ1n) is 9.02. The second-order valence-electron chi connectivity index (χ2n) is 6.37. The van der Waals surface area contributed by atoms with Crippen molar-refractivity contribution in [3.63, 3.8) is 0 Å². The van der Waals surface area contributed by atoms with Crippen LogP contribution in [0.15, 0.2) is 60.9 Å². The molecule has 0 aliphatic carbocycles. The molecule has 26 heavy (non-hydrogen) atoms. The van der Waals surface area contributed by atoms with Gasteiger partial charge >= 0.3 is 0 Å². The van der Waals surface area contributed by atoms with E-state index in [0.29, 0.717) is 13.2 Å². The van der Waals surface area contributed by atoms with Crippen molar-refractivity contribution in [1.29, 1.82) is 0 Å². The van der Waals surface area contributed by atoms with Crippen molar-refractivity contribution in [2.75, 3.05) is 13.2 Å². The molecular formula is C21H23N3O2. The number of hydrogen-bond donors (Lipinski definition) is 1. The van der Waals surface area contributed by atoms with Crippen LogP contribution in [0.3, 0.4) is 0 Å². The molecule has 0 amide bonds. The molecule has 0 unspecified atom stereocenters. The Kier molecular flexibility index (Phi) is 5.17. The van der Waals surface area contributed by atoms with Gasteiger partial charge in [0.2, 0.25) is 0 Å². The van der Waals surface area contributed by atoms with E-state index in [1.165, 1.54) is 11.1 Å². The molecular weight excluding hydrogens is 326 g/mol. The molecule has 134 valence electrons. The second kappa shape index (κ2) is 8.06. The van der Waals surface area contributed by atoms with Gasteiger partial charge < -0.3 is 14.8 Å². The minimum absolute atomic E-state index is 0.705. The molecule has 0 spiro atoms. The topological polar surface area (TPSA) is 48.3 Å². The van der Waals surface area contributed by atoms with Crippen molar-refractivity contribution in [1.82, 2.24) is 15.1 Å². The summed E-state index contributed by atoms with van der Waals surface area (Å²) >= 11 is 0. The molecule has 4 rings (SSSR count). The highest BCUT2D eigenvalue weighted by molar-refractivity contribution is 5.47. The van der Waals surface area contributed by atoms with Crippen molar-refractivity contribution in [3.8, 4) is 11.5 Å². The summed E-state index contributed by atoms with van der Waals surface area (Å²) in [7, 11) is 0. The highest BCUT2D eigenvalue weighted by Gasteiger charge is 2.14. The monoisotopic (exact) mass is 349 g/mol. The summed E-state index contributed by atoms with van der Waals surface area (Å²) in [5, 5.41) is 7.85. The van der Waals surface area contributed by atoms with Crippen LogP contribution < -0.4 is 14.8 Å². The van der Waals surface area contributed by atoms with E-state index in [1.54, 1.807) is 0 Å². The second-order valence-corrected chi connectivity index (χ2v) is 6.37. The van der Waals surface area contributed by atoms with Crippen molar-refractivity contribution < 1.29 is 9.47 Å².